The summed E-state index contributed by atoms with van der Waals surface area (Å²) >= 11 is 0. The minimum atomic E-state index is -4.45. The van der Waals surface area contributed by atoms with Crippen molar-refractivity contribution in [3.05, 3.63) is 53.0 Å². The monoisotopic (exact) mass is 515 g/mol. The van der Waals surface area contributed by atoms with Crippen molar-refractivity contribution in [3.8, 4) is 0 Å². The van der Waals surface area contributed by atoms with Crippen LogP contribution in [0.15, 0.2) is 36.0 Å². The largest absolute Gasteiger partial charge is 0.475 e. The second-order valence-electron chi connectivity index (χ2n) is 9.35. The first-order valence-corrected chi connectivity index (χ1v) is 11.9. The molecule has 1 aromatic carbocycles. The van der Waals surface area contributed by atoms with Crippen LogP contribution in [-0.4, -0.2) is 42.3 Å². The molecule has 2 heterocycles. The summed E-state index contributed by atoms with van der Waals surface area (Å²) in [4.78, 5) is 24.6. The summed E-state index contributed by atoms with van der Waals surface area (Å²) in [6.45, 7) is 5.49. The number of fused-ring (bicyclic) bond motifs is 1. The second kappa shape index (κ2) is 10.2. The smallest absolute Gasteiger partial charge is 0.416 e. The average Bonchev–Trinajstić information content (AvgIpc) is 3.08. The SMILES string of the molecule is CC(=N)/C=C(/C)Nc1nc2nc(C(=O)O)nc(N[C@H](C)C3CCC3)c2n1Cc1ccc(C(F)(F)F)cc1. The zero-order valence-electron chi connectivity index (χ0n) is 20.6. The van der Waals surface area contributed by atoms with Crippen LogP contribution in [0, 0.1) is 11.3 Å². The van der Waals surface area contributed by atoms with Crippen molar-refractivity contribution in [3.63, 3.8) is 0 Å². The summed E-state index contributed by atoms with van der Waals surface area (Å²) in [6, 6.07) is 4.82. The third-order valence-electron chi connectivity index (χ3n) is 6.38. The van der Waals surface area contributed by atoms with E-state index in [1.807, 2.05) is 6.92 Å². The minimum absolute atomic E-state index is 0.0153. The number of allylic oxidation sites excluding steroid dienone is 2. The van der Waals surface area contributed by atoms with E-state index < -0.39 is 23.5 Å². The number of alkyl halides is 3. The molecule has 196 valence electrons. The molecular weight excluding hydrogens is 487 g/mol. The van der Waals surface area contributed by atoms with Crippen LogP contribution in [-0.2, 0) is 12.7 Å². The van der Waals surface area contributed by atoms with Gasteiger partial charge >= 0.3 is 12.1 Å². The number of halogens is 3. The molecule has 1 saturated carbocycles. The van der Waals surface area contributed by atoms with E-state index in [2.05, 4.69) is 25.6 Å². The Morgan fingerprint density at radius 3 is 2.43 bits per heavy atom. The molecule has 0 saturated heterocycles. The van der Waals surface area contributed by atoms with Gasteiger partial charge in [0.25, 0.3) is 0 Å². The van der Waals surface area contributed by atoms with E-state index in [0.29, 0.717) is 40.2 Å². The predicted molar refractivity (Wildman–Crippen MR) is 134 cm³/mol. The predicted octanol–water partition coefficient (Wildman–Crippen LogP) is 5.55. The van der Waals surface area contributed by atoms with Gasteiger partial charge in [-0.2, -0.15) is 18.2 Å². The van der Waals surface area contributed by atoms with E-state index in [4.69, 9.17) is 5.41 Å². The molecule has 37 heavy (non-hydrogen) atoms. The minimum Gasteiger partial charge on any atom is -0.475 e. The molecule has 0 radical (unpaired) electrons. The van der Waals surface area contributed by atoms with Gasteiger partial charge in [0.2, 0.25) is 11.8 Å². The van der Waals surface area contributed by atoms with Crippen LogP contribution in [0.4, 0.5) is 24.9 Å². The fourth-order valence-corrected chi connectivity index (χ4v) is 4.27. The summed E-state index contributed by atoms with van der Waals surface area (Å²) in [5, 5.41) is 23.8. The number of anilines is 2. The van der Waals surface area contributed by atoms with E-state index >= 15 is 0 Å². The first-order valence-electron chi connectivity index (χ1n) is 11.9. The maximum Gasteiger partial charge on any atom is 0.416 e. The van der Waals surface area contributed by atoms with Crippen molar-refractivity contribution in [2.75, 3.05) is 10.6 Å². The van der Waals surface area contributed by atoms with Crippen molar-refractivity contribution in [2.45, 2.75) is 58.8 Å². The van der Waals surface area contributed by atoms with Gasteiger partial charge in [-0.15, -0.1) is 0 Å². The number of imidazole rings is 1. The number of nitrogens with zero attached hydrogens (tertiary/aromatic N) is 4. The summed E-state index contributed by atoms with van der Waals surface area (Å²) in [5.74, 6) is -0.712. The molecule has 1 aliphatic rings. The molecule has 0 amide bonds. The molecule has 4 N–H and O–H groups in total. The Morgan fingerprint density at radius 2 is 1.89 bits per heavy atom. The van der Waals surface area contributed by atoms with Gasteiger partial charge in [0.1, 0.15) is 5.52 Å². The highest BCUT2D eigenvalue weighted by atomic mass is 19.4. The zero-order chi connectivity index (χ0) is 26.9. The fraction of sp³-hybridized carbons (Fsp3) is 0.400. The van der Waals surface area contributed by atoms with Gasteiger partial charge < -0.3 is 25.7 Å². The van der Waals surface area contributed by atoms with Crippen molar-refractivity contribution in [1.29, 1.82) is 5.41 Å². The molecule has 12 heteroatoms. The molecule has 9 nitrogen and oxygen atoms in total. The van der Waals surface area contributed by atoms with Crippen molar-refractivity contribution < 1.29 is 23.1 Å². The van der Waals surface area contributed by atoms with Gasteiger partial charge in [-0.05, 0) is 63.3 Å². The van der Waals surface area contributed by atoms with E-state index in [1.165, 1.54) is 12.1 Å². The molecule has 1 fully saturated rings. The van der Waals surface area contributed by atoms with Gasteiger partial charge in [-0.3, -0.25) is 0 Å². The Bertz CT molecular complexity index is 1360. The van der Waals surface area contributed by atoms with Crippen LogP contribution in [0.3, 0.4) is 0 Å². The van der Waals surface area contributed by atoms with Crippen molar-refractivity contribution in [1.82, 2.24) is 19.5 Å². The topological polar surface area (TPSA) is 129 Å². The molecule has 1 atom stereocenters. The molecule has 2 aromatic heterocycles. The molecular formula is C25H28F3N7O2. The number of carboxylic acids is 1. The molecule has 0 unspecified atom stereocenters. The van der Waals surface area contributed by atoms with Crippen LogP contribution >= 0.6 is 0 Å². The highest BCUT2D eigenvalue weighted by Gasteiger charge is 2.30. The van der Waals surface area contributed by atoms with Crippen molar-refractivity contribution >= 4 is 34.6 Å². The maximum atomic E-state index is 13.1. The van der Waals surface area contributed by atoms with Gasteiger partial charge in [-0.25, -0.2) is 14.8 Å². The van der Waals surface area contributed by atoms with Gasteiger partial charge in [0.05, 0.1) is 12.1 Å². The quantitative estimate of drug-likeness (QED) is 0.275. The van der Waals surface area contributed by atoms with Crippen LogP contribution in [0.25, 0.3) is 11.2 Å². The van der Waals surface area contributed by atoms with E-state index in [-0.39, 0.29) is 18.2 Å². The zero-order valence-corrected chi connectivity index (χ0v) is 20.6. The Hall–Kier alpha value is -3.96. The van der Waals surface area contributed by atoms with Crippen molar-refractivity contribution in [2.24, 2.45) is 5.92 Å². The number of hydrogen-bond donors (Lipinski definition) is 4. The van der Waals surface area contributed by atoms with E-state index in [0.717, 1.165) is 31.4 Å². The molecule has 4 rings (SSSR count). The number of hydrogen-bond acceptors (Lipinski definition) is 7. The van der Waals surface area contributed by atoms with E-state index in [1.54, 1.807) is 24.5 Å². The first kappa shape index (κ1) is 26.1. The number of aromatic nitrogens is 4. The standard InChI is InChI=1S/C25H28F3N7O2/c1-13(29)11-14(2)30-24-34-21-19(35(24)12-16-7-9-18(10-8-16)25(26,27)28)20(32-22(33-21)23(36)37)31-15(3)17-5-4-6-17/h7-11,15,17,29H,4-6,12H2,1-3H3,(H,36,37)(H2,30,31,32,33,34)/b14-11-,29-13?/t15-/m1/s1. The molecule has 0 bridgehead atoms. The Balaban J connectivity index is 1.84. The number of rotatable bonds is 9. The molecule has 1 aliphatic carbocycles. The number of nitrogens with one attached hydrogen (secondary N) is 3. The number of benzene rings is 1. The summed E-state index contributed by atoms with van der Waals surface area (Å²) in [5.41, 5.74) is 1.28. The number of carboxylic acid groups (broad SMARTS) is 1. The highest BCUT2D eigenvalue weighted by molar-refractivity contribution is 5.92. The third kappa shape index (κ3) is 5.89. The normalized spacial score (nSPS) is 15.4. The first-order chi connectivity index (χ1) is 17.4. The second-order valence-corrected chi connectivity index (χ2v) is 9.35. The lowest BCUT2D eigenvalue weighted by molar-refractivity contribution is -0.137. The van der Waals surface area contributed by atoms with Crippen LogP contribution < -0.4 is 10.6 Å². The molecule has 0 spiro atoms. The lowest BCUT2D eigenvalue weighted by atomic mass is 9.80. The fourth-order valence-electron chi connectivity index (χ4n) is 4.27. The Kier molecular flexibility index (Phi) is 7.19. The lowest BCUT2D eigenvalue weighted by Gasteiger charge is -2.32. The van der Waals surface area contributed by atoms with Gasteiger partial charge in [0.15, 0.2) is 11.5 Å². The molecule has 3 aromatic rings. The Morgan fingerprint density at radius 1 is 1.22 bits per heavy atom. The van der Waals surface area contributed by atoms with Crippen LogP contribution in [0.5, 0.6) is 0 Å². The lowest BCUT2D eigenvalue weighted by Crippen LogP contribution is -2.31. The third-order valence-corrected chi connectivity index (χ3v) is 6.38. The highest BCUT2D eigenvalue weighted by Crippen LogP contribution is 2.34. The molecule has 0 aliphatic heterocycles. The maximum absolute atomic E-state index is 13.1. The van der Waals surface area contributed by atoms with Crippen LogP contribution in [0.1, 0.15) is 61.8 Å². The summed E-state index contributed by atoms with van der Waals surface area (Å²) < 4.78 is 40.9. The number of aromatic carboxylic acids is 1. The Labute approximate surface area is 211 Å². The average molecular weight is 516 g/mol. The summed E-state index contributed by atoms with van der Waals surface area (Å²) in [7, 11) is 0. The van der Waals surface area contributed by atoms with E-state index in [9.17, 15) is 23.1 Å². The van der Waals surface area contributed by atoms with Gasteiger partial charge in [0, 0.05) is 17.5 Å². The van der Waals surface area contributed by atoms with Crippen LogP contribution in [0.2, 0.25) is 0 Å². The summed E-state index contributed by atoms with van der Waals surface area (Å²) in [6.07, 6.45) is 0.384. The number of carbonyl (C=O) groups is 1. The van der Waals surface area contributed by atoms with Gasteiger partial charge in [-0.1, -0.05) is 18.6 Å².